The molecule has 0 aromatic heterocycles. The molecule has 0 saturated heterocycles. The normalized spacial score (nSPS) is 10.2. The van der Waals surface area contributed by atoms with E-state index in [1.54, 1.807) is 24.1 Å². The molecule has 2 aromatic rings. The lowest BCUT2D eigenvalue weighted by Crippen LogP contribution is -2.26. The van der Waals surface area contributed by atoms with Crippen LogP contribution in [0.15, 0.2) is 53.4 Å². The Labute approximate surface area is 113 Å². The number of aryl methyl sites for hydroxylation is 1. The molecule has 0 radical (unpaired) electrons. The van der Waals surface area contributed by atoms with E-state index >= 15 is 0 Å². The minimum atomic E-state index is -0.0310. The van der Waals surface area contributed by atoms with E-state index in [0.717, 1.165) is 16.1 Å². The van der Waals surface area contributed by atoms with Crippen molar-refractivity contribution in [1.82, 2.24) is 0 Å². The number of hydrogen-bond acceptors (Lipinski definition) is 2. The van der Waals surface area contributed by atoms with Gasteiger partial charge in [-0.1, -0.05) is 18.2 Å². The maximum Gasteiger partial charge on any atom is 0.258 e. The summed E-state index contributed by atoms with van der Waals surface area (Å²) in [5.41, 5.74) is 2.67. The van der Waals surface area contributed by atoms with Gasteiger partial charge in [-0.15, -0.1) is 12.6 Å². The average molecular weight is 257 g/mol. The van der Waals surface area contributed by atoms with Crippen LogP contribution < -0.4 is 4.90 Å². The highest BCUT2D eigenvalue weighted by molar-refractivity contribution is 7.80. The van der Waals surface area contributed by atoms with Crippen LogP contribution in [0.5, 0.6) is 0 Å². The number of nitrogens with zero attached hydrogens (tertiary/aromatic N) is 1. The van der Waals surface area contributed by atoms with Gasteiger partial charge in [-0.3, -0.25) is 4.79 Å². The Kier molecular flexibility index (Phi) is 3.72. The van der Waals surface area contributed by atoms with Crippen molar-refractivity contribution in [1.29, 1.82) is 0 Å². The van der Waals surface area contributed by atoms with Crippen LogP contribution in [0.4, 0.5) is 5.69 Å². The van der Waals surface area contributed by atoms with Crippen LogP contribution >= 0.6 is 12.6 Å². The molecule has 3 heteroatoms. The Bertz CT molecular complexity index is 580. The predicted octanol–water partition coefficient (Wildman–Crippen LogP) is 3.56. The lowest BCUT2D eigenvalue weighted by molar-refractivity contribution is 0.0993. The third kappa shape index (κ3) is 2.74. The monoisotopic (exact) mass is 257 g/mol. The molecule has 0 atom stereocenters. The van der Waals surface area contributed by atoms with Crippen molar-refractivity contribution in [2.45, 2.75) is 11.8 Å². The van der Waals surface area contributed by atoms with Crippen LogP contribution in [0.25, 0.3) is 0 Å². The molecule has 2 nitrogen and oxygen atoms in total. The van der Waals surface area contributed by atoms with E-state index in [1.807, 2.05) is 43.3 Å². The van der Waals surface area contributed by atoms with Crippen LogP contribution in [0.3, 0.4) is 0 Å². The second-order valence-corrected chi connectivity index (χ2v) is 4.77. The zero-order chi connectivity index (χ0) is 13.1. The molecule has 0 aliphatic rings. The van der Waals surface area contributed by atoms with Crippen molar-refractivity contribution in [3.05, 3.63) is 59.7 Å². The zero-order valence-electron chi connectivity index (χ0n) is 10.4. The van der Waals surface area contributed by atoms with E-state index < -0.39 is 0 Å². The Balaban J connectivity index is 2.29. The van der Waals surface area contributed by atoms with Crippen molar-refractivity contribution in [3.63, 3.8) is 0 Å². The first-order valence-corrected chi connectivity index (χ1v) is 6.16. The summed E-state index contributed by atoms with van der Waals surface area (Å²) in [6, 6.07) is 15.1. The minimum Gasteiger partial charge on any atom is -0.311 e. The van der Waals surface area contributed by atoms with Gasteiger partial charge in [-0.05, 0) is 42.8 Å². The first-order chi connectivity index (χ1) is 8.58. The Morgan fingerprint density at radius 1 is 1.11 bits per heavy atom. The number of carbonyl (C=O) groups excluding carboxylic acids is 1. The summed E-state index contributed by atoms with van der Waals surface area (Å²) in [7, 11) is 1.78. The zero-order valence-corrected chi connectivity index (χ0v) is 11.3. The molecular weight excluding hydrogens is 242 g/mol. The lowest BCUT2D eigenvalue weighted by Gasteiger charge is -2.18. The summed E-state index contributed by atoms with van der Waals surface area (Å²) >= 11 is 4.25. The second-order valence-electron chi connectivity index (χ2n) is 4.25. The SMILES string of the molecule is Cc1cccc(N(C)C(=O)c2cccc(S)c2)c1. The van der Waals surface area contributed by atoms with Gasteiger partial charge in [0.25, 0.3) is 5.91 Å². The van der Waals surface area contributed by atoms with Gasteiger partial charge in [-0.25, -0.2) is 0 Å². The standard InChI is InChI=1S/C15H15NOS/c1-11-5-3-7-13(9-11)16(2)15(17)12-6-4-8-14(18)10-12/h3-10,18H,1-2H3. The number of benzene rings is 2. The van der Waals surface area contributed by atoms with Crippen LogP contribution in [0, 0.1) is 6.92 Å². The number of thiol groups is 1. The van der Waals surface area contributed by atoms with Crippen LogP contribution in [0.2, 0.25) is 0 Å². The van der Waals surface area contributed by atoms with E-state index in [1.165, 1.54) is 0 Å². The fourth-order valence-corrected chi connectivity index (χ4v) is 2.01. The first kappa shape index (κ1) is 12.7. The molecule has 1 amide bonds. The van der Waals surface area contributed by atoms with Gasteiger partial charge in [0.2, 0.25) is 0 Å². The summed E-state index contributed by atoms with van der Waals surface area (Å²) in [6.07, 6.45) is 0. The molecule has 0 aliphatic carbocycles. The fourth-order valence-electron chi connectivity index (χ4n) is 1.79. The molecule has 92 valence electrons. The van der Waals surface area contributed by atoms with E-state index in [4.69, 9.17) is 0 Å². The molecule has 0 heterocycles. The van der Waals surface area contributed by atoms with E-state index in [0.29, 0.717) is 5.56 Å². The second kappa shape index (κ2) is 5.27. The number of rotatable bonds is 2. The third-order valence-corrected chi connectivity index (χ3v) is 3.06. The topological polar surface area (TPSA) is 20.3 Å². The Morgan fingerprint density at radius 2 is 1.83 bits per heavy atom. The average Bonchev–Trinajstić information content (AvgIpc) is 2.37. The van der Waals surface area contributed by atoms with Gasteiger partial charge in [0, 0.05) is 23.2 Å². The molecule has 0 N–H and O–H groups in total. The van der Waals surface area contributed by atoms with Crippen molar-refractivity contribution in [2.24, 2.45) is 0 Å². The molecule has 18 heavy (non-hydrogen) atoms. The molecule has 2 rings (SSSR count). The van der Waals surface area contributed by atoms with Crippen molar-refractivity contribution < 1.29 is 4.79 Å². The van der Waals surface area contributed by atoms with Gasteiger partial charge >= 0.3 is 0 Å². The number of anilines is 1. The summed E-state index contributed by atoms with van der Waals surface area (Å²) in [5.74, 6) is -0.0310. The molecule has 0 saturated carbocycles. The first-order valence-electron chi connectivity index (χ1n) is 5.71. The van der Waals surface area contributed by atoms with E-state index in [9.17, 15) is 4.79 Å². The van der Waals surface area contributed by atoms with E-state index in [-0.39, 0.29) is 5.91 Å². The lowest BCUT2D eigenvalue weighted by atomic mass is 10.1. The molecule has 0 bridgehead atoms. The summed E-state index contributed by atoms with van der Waals surface area (Å²) in [4.78, 5) is 14.7. The van der Waals surface area contributed by atoms with Crippen LogP contribution in [-0.2, 0) is 0 Å². The molecule has 2 aromatic carbocycles. The molecule has 0 unspecified atom stereocenters. The van der Waals surface area contributed by atoms with Crippen LogP contribution in [-0.4, -0.2) is 13.0 Å². The van der Waals surface area contributed by atoms with Crippen molar-refractivity contribution in [2.75, 3.05) is 11.9 Å². The molecule has 0 aliphatic heterocycles. The Morgan fingerprint density at radius 3 is 2.50 bits per heavy atom. The summed E-state index contributed by atoms with van der Waals surface area (Å²) < 4.78 is 0. The van der Waals surface area contributed by atoms with Gasteiger partial charge in [0.15, 0.2) is 0 Å². The highest BCUT2D eigenvalue weighted by atomic mass is 32.1. The minimum absolute atomic E-state index is 0.0310. The molecule has 0 spiro atoms. The summed E-state index contributed by atoms with van der Waals surface area (Å²) in [5, 5.41) is 0. The maximum absolute atomic E-state index is 12.3. The summed E-state index contributed by atoms with van der Waals surface area (Å²) in [6.45, 7) is 2.01. The van der Waals surface area contributed by atoms with Crippen LogP contribution in [0.1, 0.15) is 15.9 Å². The predicted molar refractivity (Wildman–Crippen MR) is 77.6 cm³/mol. The van der Waals surface area contributed by atoms with Gasteiger partial charge in [-0.2, -0.15) is 0 Å². The Hall–Kier alpha value is -1.74. The highest BCUT2D eigenvalue weighted by Crippen LogP contribution is 2.18. The van der Waals surface area contributed by atoms with E-state index in [2.05, 4.69) is 12.6 Å². The van der Waals surface area contributed by atoms with Gasteiger partial charge in [0.05, 0.1) is 0 Å². The van der Waals surface area contributed by atoms with Gasteiger partial charge in [0.1, 0.15) is 0 Å². The third-order valence-electron chi connectivity index (χ3n) is 2.79. The van der Waals surface area contributed by atoms with Crippen molar-refractivity contribution in [3.8, 4) is 0 Å². The maximum atomic E-state index is 12.3. The number of amides is 1. The molecular formula is C15H15NOS. The smallest absolute Gasteiger partial charge is 0.258 e. The quantitative estimate of drug-likeness (QED) is 0.816. The van der Waals surface area contributed by atoms with Gasteiger partial charge < -0.3 is 4.90 Å². The molecule has 0 fully saturated rings. The largest absolute Gasteiger partial charge is 0.311 e. The number of carbonyl (C=O) groups is 1. The fraction of sp³-hybridized carbons (Fsp3) is 0.133. The number of hydrogen-bond donors (Lipinski definition) is 1. The van der Waals surface area contributed by atoms with Crippen molar-refractivity contribution >= 4 is 24.2 Å². The highest BCUT2D eigenvalue weighted by Gasteiger charge is 2.13.